The molecule has 1 amide bonds. The smallest absolute Gasteiger partial charge is 0.323 e. The highest BCUT2D eigenvalue weighted by molar-refractivity contribution is 6.04. The highest BCUT2D eigenvalue weighted by atomic mass is 16.4. The van der Waals surface area contributed by atoms with E-state index in [4.69, 9.17) is 0 Å². The Labute approximate surface area is 315 Å². The number of carbonyl (C=O) groups is 3. The van der Waals surface area contributed by atoms with Gasteiger partial charge in [0.2, 0.25) is 0 Å². The average molecular weight is 732 g/mol. The second-order valence-electron chi connectivity index (χ2n) is 15.1. The number of hydrogen-bond donors (Lipinski definition) is 5. The lowest BCUT2D eigenvalue weighted by Gasteiger charge is -2.24. The van der Waals surface area contributed by atoms with Gasteiger partial charge in [0.15, 0.2) is 5.78 Å². The summed E-state index contributed by atoms with van der Waals surface area (Å²) in [6.07, 6.45) is 9.96. The van der Waals surface area contributed by atoms with Crippen molar-refractivity contribution in [2.24, 2.45) is 0 Å². The third-order valence-corrected chi connectivity index (χ3v) is 11.4. The fourth-order valence-electron chi connectivity index (χ4n) is 7.78. The minimum absolute atomic E-state index is 0.106. The van der Waals surface area contributed by atoms with Crippen LogP contribution in [0.4, 0.5) is 5.69 Å². The molecule has 2 aliphatic carbocycles. The quantitative estimate of drug-likeness (QED) is 0.0906. The van der Waals surface area contributed by atoms with Crippen LogP contribution in [0.3, 0.4) is 0 Å². The molecule has 2 saturated carbocycles. The summed E-state index contributed by atoms with van der Waals surface area (Å²) >= 11 is 0. The molecule has 1 saturated heterocycles. The van der Waals surface area contributed by atoms with Gasteiger partial charge in [0, 0.05) is 43.6 Å². The van der Waals surface area contributed by atoms with E-state index in [1.165, 1.54) is 5.56 Å². The van der Waals surface area contributed by atoms with Crippen LogP contribution in [-0.2, 0) is 24.3 Å². The Kier molecular flexibility index (Phi) is 11.3. The Morgan fingerprint density at radius 1 is 0.833 bits per heavy atom. The van der Waals surface area contributed by atoms with Crippen LogP contribution in [-0.4, -0.2) is 79.7 Å². The zero-order chi connectivity index (χ0) is 37.9. The highest BCUT2D eigenvalue weighted by Gasteiger charge is 2.31. The second-order valence-corrected chi connectivity index (χ2v) is 15.1. The number of aliphatic hydroxyl groups is 2. The van der Waals surface area contributed by atoms with Crippen molar-refractivity contribution in [2.45, 2.75) is 95.8 Å². The number of pyridine rings is 2. The summed E-state index contributed by atoms with van der Waals surface area (Å²) in [6.45, 7) is 5.57. The molecule has 2 atom stereocenters. The number of carboxylic acids is 1. The summed E-state index contributed by atoms with van der Waals surface area (Å²) < 4.78 is 0. The first-order valence-electron chi connectivity index (χ1n) is 19.1. The molecule has 0 radical (unpaired) electrons. The predicted octanol–water partition coefficient (Wildman–Crippen LogP) is 5.68. The number of Topliss-reactive ketones (excluding diaryl/α,β-unsaturated/α-hetero) is 1. The van der Waals surface area contributed by atoms with E-state index in [9.17, 15) is 29.7 Å². The third kappa shape index (κ3) is 8.29. The van der Waals surface area contributed by atoms with E-state index < -0.39 is 18.6 Å². The van der Waals surface area contributed by atoms with Crippen LogP contribution in [0.25, 0.3) is 11.1 Å². The van der Waals surface area contributed by atoms with Gasteiger partial charge in [0.25, 0.3) is 5.91 Å². The van der Waals surface area contributed by atoms with E-state index in [0.717, 1.165) is 96.1 Å². The predicted molar refractivity (Wildman–Crippen MR) is 206 cm³/mol. The van der Waals surface area contributed by atoms with Gasteiger partial charge in [-0.2, -0.15) is 0 Å². The van der Waals surface area contributed by atoms with Crippen LogP contribution in [0, 0.1) is 13.8 Å². The molecular formula is C43H49N5O6. The Morgan fingerprint density at radius 2 is 1.48 bits per heavy atom. The zero-order valence-electron chi connectivity index (χ0n) is 31.0. The lowest BCUT2D eigenvalue weighted by atomic mass is 9.90. The molecule has 54 heavy (non-hydrogen) atoms. The molecule has 3 heterocycles. The summed E-state index contributed by atoms with van der Waals surface area (Å²) in [4.78, 5) is 50.1. The van der Waals surface area contributed by atoms with Gasteiger partial charge in [-0.15, -0.1) is 0 Å². The number of carboxylic acid groups (broad SMARTS) is 1. The lowest BCUT2D eigenvalue weighted by Crippen LogP contribution is -2.39. The van der Waals surface area contributed by atoms with E-state index in [2.05, 4.69) is 25.5 Å². The molecule has 1 aliphatic heterocycles. The zero-order valence-corrected chi connectivity index (χ0v) is 31.0. The van der Waals surface area contributed by atoms with E-state index in [1.807, 2.05) is 68.6 Å². The van der Waals surface area contributed by atoms with Gasteiger partial charge in [-0.3, -0.25) is 34.6 Å². The Bertz CT molecular complexity index is 2060. The van der Waals surface area contributed by atoms with Gasteiger partial charge in [0.05, 0.1) is 13.2 Å². The standard InChI is InChI=1S/C43H49N5O6/c1-25-29(16-41(51)38-17-35(27-11-12-27)30(19-44-38)20-46-40(24-50)43(53)54)6-3-8-33(25)34-9-4-10-37(26(34)2)47-42(52)39-18-36(28-13-14-28)31(21-45-39)22-48-15-5-7-32(48)23-49/h3-4,6,8-10,17-19,21,27-28,32,40,46,49-50H,5,7,11-16,20,22-24H2,1-2H3,(H,47,52)(H,53,54)/t32-,40-/m1/s1. The number of nitrogens with one attached hydrogen (secondary N) is 2. The third-order valence-electron chi connectivity index (χ3n) is 11.4. The van der Waals surface area contributed by atoms with E-state index in [0.29, 0.717) is 28.9 Å². The SMILES string of the molecule is Cc1c(CC(=O)c2cc(C3CC3)c(CN[C@H](CO)C(=O)O)cn2)cccc1-c1cccc(NC(=O)c2cc(C3CC3)c(CN3CCC[C@@H]3CO)cn2)c1C. The Morgan fingerprint density at radius 3 is 2.17 bits per heavy atom. The maximum atomic E-state index is 13.6. The molecule has 3 fully saturated rings. The molecule has 11 heteroatoms. The van der Waals surface area contributed by atoms with Gasteiger partial charge in [-0.25, -0.2) is 0 Å². The largest absolute Gasteiger partial charge is 0.480 e. The summed E-state index contributed by atoms with van der Waals surface area (Å²) in [7, 11) is 0. The molecule has 0 bridgehead atoms. The first kappa shape index (κ1) is 37.5. The molecular weight excluding hydrogens is 683 g/mol. The first-order chi connectivity index (χ1) is 26.1. The summed E-state index contributed by atoms with van der Waals surface area (Å²) in [6, 6.07) is 14.7. The van der Waals surface area contributed by atoms with Crippen molar-refractivity contribution in [3.8, 4) is 11.1 Å². The fraction of sp³-hybridized carbons (Fsp3) is 0.419. The summed E-state index contributed by atoms with van der Waals surface area (Å²) in [5, 5.41) is 34.5. The molecule has 0 spiro atoms. The van der Waals surface area contributed by atoms with Crippen LogP contribution in [0.2, 0.25) is 0 Å². The van der Waals surface area contributed by atoms with Crippen molar-refractivity contribution in [3.05, 3.63) is 111 Å². The number of aromatic nitrogens is 2. The minimum atomic E-state index is -1.12. The number of aliphatic carboxylic acids is 1. The average Bonchev–Trinajstić information content (AvgIpc) is 4.12. The van der Waals surface area contributed by atoms with E-state index in [-0.39, 0.29) is 37.3 Å². The first-order valence-corrected chi connectivity index (χ1v) is 19.1. The molecule has 3 aliphatic rings. The molecule has 4 aromatic rings. The van der Waals surface area contributed by atoms with Crippen LogP contribution in [0.15, 0.2) is 60.9 Å². The van der Waals surface area contributed by atoms with Gasteiger partial charge in [-0.05, 0) is 139 Å². The van der Waals surface area contributed by atoms with Crippen molar-refractivity contribution in [2.75, 3.05) is 25.1 Å². The van der Waals surface area contributed by atoms with Crippen molar-refractivity contribution in [3.63, 3.8) is 0 Å². The maximum Gasteiger partial charge on any atom is 0.323 e. The number of aliphatic hydroxyl groups excluding tert-OH is 2. The lowest BCUT2D eigenvalue weighted by molar-refractivity contribution is -0.140. The van der Waals surface area contributed by atoms with Crippen molar-refractivity contribution in [1.82, 2.24) is 20.2 Å². The molecule has 0 unspecified atom stereocenters. The number of nitrogens with zero attached hydrogens (tertiary/aromatic N) is 3. The van der Waals surface area contributed by atoms with E-state index in [1.54, 1.807) is 6.20 Å². The van der Waals surface area contributed by atoms with Crippen LogP contribution < -0.4 is 10.6 Å². The number of benzene rings is 2. The molecule has 2 aromatic heterocycles. The van der Waals surface area contributed by atoms with Crippen LogP contribution in [0.1, 0.15) is 110 Å². The van der Waals surface area contributed by atoms with Crippen LogP contribution >= 0.6 is 0 Å². The molecule has 2 aromatic carbocycles. The highest BCUT2D eigenvalue weighted by Crippen LogP contribution is 2.43. The molecule has 5 N–H and O–H groups in total. The van der Waals surface area contributed by atoms with Gasteiger partial charge in [-0.1, -0.05) is 30.3 Å². The molecule has 11 nitrogen and oxygen atoms in total. The monoisotopic (exact) mass is 731 g/mol. The normalized spacial score (nSPS) is 17.7. The second kappa shape index (κ2) is 16.3. The number of anilines is 1. The molecule has 282 valence electrons. The van der Waals surface area contributed by atoms with Crippen molar-refractivity contribution < 1.29 is 29.7 Å². The van der Waals surface area contributed by atoms with E-state index >= 15 is 0 Å². The fourth-order valence-corrected chi connectivity index (χ4v) is 7.78. The summed E-state index contributed by atoms with van der Waals surface area (Å²) in [5.41, 5.74) is 10.3. The minimum Gasteiger partial charge on any atom is -0.480 e. The number of likely N-dealkylation sites (tertiary alicyclic amines) is 1. The van der Waals surface area contributed by atoms with Crippen molar-refractivity contribution >= 4 is 23.3 Å². The van der Waals surface area contributed by atoms with Gasteiger partial charge in [0.1, 0.15) is 17.4 Å². The molecule has 7 rings (SSSR count). The number of carbonyl (C=O) groups excluding carboxylic acids is 2. The van der Waals surface area contributed by atoms with Gasteiger partial charge < -0.3 is 20.6 Å². The van der Waals surface area contributed by atoms with Crippen LogP contribution in [0.5, 0.6) is 0 Å². The maximum absolute atomic E-state index is 13.6. The number of ketones is 1. The Hall–Kier alpha value is -4.81. The topological polar surface area (TPSA) is 165 Å². The number of amides is 1. The van der Waals surface area contributed by atoms with Crippen molar-refractivity contribution in [1.29, 1.82) is 0 Å². The Balaban J connectivity index is 1.06. The number of rotatable bonds is 16. The summed E-state index contributed by atoms with van der Waals surface area (Å²) in [5.74, 6) is -0.734. The number of hydrogen-bond acceptors (Lipinski definition) is 9. The van der Waals surface area contributed by atoms with Gasteiger partial charge >= 0.3 is 5.97 Å².